The molecule has 3 nitrogen and oxygen atoms in total. The number of methoxy groups -OCH3 is 1. The monoisotopic (exact) mass is 312 g/mol. The maximum atomic E-state index is 10.1. The summed E-state index contributed by atoms with van der Waals surface area (Å²) < 4.78 is 12.1. The van der Waals surface area contributed by atoms with E-state index in [1.54, 1.807) is 7.11 Å². The minimum Gasteiger partial charge on any atom is -0.493 e. The van der Waals surface area contributed by atoms with Crippen LogP contribution in [0.1, 0.15) is 31.2 Å². The van der Waals surface area contributed by atoms with Crippen molar-refractivity contribution in [2.24, 2.45) is 5.92 Å². The number of halogens is 1. The molecular weight excluding hydrogens is 296 g/mol. The molecule has 1 aromatic rings. The van der Waals surface area contributed by atoms with Gasteiger partial charge in [0.1, 0.15) is 0 Å². The number of benzene rings is 1. The largest absolute Gasteiger partial charge is 0.493 e. The molecule has 0 bridgehead atoms. The Bertz CT molecular complexity index is 464. The highest BCUT2D eigenvalue weighted by Crippen LogP contribution is 2.49. The molecule has 4 heteroatoms. The molecule has 3 rings (SSSR count). The maximum absolute atomic E-state index is 10.1. The standard InChI is InChI=1S/C14H17BrO3/c1-17-12-7-10(14(16)4-5-14)6-11(15)13(12)18-8-9-2-3-9/h6-7,9,16H,2-5,8H2,1H3. The van der Waals surface area contributed by atoms with Crippen LogP contribution in [-0.4, -0.2) is 18.8 Å². The topological polar surface area (TPSA) is 38.7 Å². The molecule has 0 saturated heterocycles. The van der Waals surface area contributed by atoms with Crippen molar-refractivity contribution in [3.8, 4) is 11.5 Å². The quantitative estimate of drug-likeness (QED) is 0.907. The average molecular weight is 313 g/mol. The van der Waals surface area contributed by atoms with Crippen molar-refractivity contribution in [2.75, 3.05) is 13.7 Å². The smallest absolute Gasteiger partial charge is 0.175 e. The normalized spacial score (nSPS) is 20.6. The van der Waals surface area contributed by atoms with Gasteiger partial charge in [0.05, 0.1) is 23.8 Å². The summed E-state index contributed by atoms with van der Waals surface area (Å²) in [7, 11) is 1.63. The van der Waals surface area contributed by atoms with Gasteiger partial charge in [-0.2, -0.15) is 0 Å². The van der Waals surface area contributed by atoms with Gasteiger partial charge in [-0.25, -0.2) is 0 Å². The Balaban J connectivity index is 1.87. The van der Waals surface area contributed by atoms with Crippen LogP contribution in [0.3, 0.4) is 0 Å². The highest BCUT2D eigenvalue weighted by molar-refractivity contribution is 9.10. The van der Waals surface area contributed by atoms with Crippen LogP contribution in [0.5, 0.6) is 11.5 Å². The van der Waals surface area contributed by atoms with E-state index in [-0.39, 0.29) is 0 Å². The summed E-state index contributed by atoms with van der Waals surface area (Å²) in [4.78, 5) is 0. The number of hydrogen-bond acceptors (Lipinski definition) is 3. The van der Waals surface area contributed by atoms with E-state index >= 15 is 0 Å². The molecule has 2 saturated carbocycles. The molecule has 1 aromatic carbocycles. The molecule has 0 unspecified atom stereocenters. The maximum Gasteiger partial charge on any atom is 0.175 e. The molecule has 0 aromatic heterocycles. The molecule has 0 spiro atoms. The van der Waals surface area contributed by atoms with Crippen molar-refractivity contribution in [1.29, 1.82) is 0 Å². The van der Waals surface area contributed by atoms with Crippen LogP contribution < -0.4 is 9.47 Å². The molecule has 18 heavy (non-hydrogen) atoms. The van der Waals surface area contributed by atoms with E-state index in [9.17, 15) is 5.11 Å². The molecular formula is C14H17BrO3. The van der Waals surface area contributed by atoms with Gasteiger partial charge < -0.3 is 14.6 Å². The zero-order chi connectivity index (χ0) is 12.8. The van der Waals surface area contributed by atoms with Crippen molar-refractivity contribution in [1.82, 2.24) is 0 Å². The van der Waals surface area contributed by atoms with Crippen molar-refractivity contribution >= 4 is 15.9 Å². The first-order valence-corrected chi connectivity index (χ1v) is 7.15. The van der Waals surface area contributed by atoms with Gasteiger partial charge >= 0.3 is 0 Å². The fraction of sp³-hybridized carbons (Fsp3) is 0.571. The minimum atomic E-state index is -0.648. The van der Waals surface area contributed by atoms with Crippen LogP contribution in [0.25, 0.3) is 0 Å². The molecule has 0 radical (unpaired) electrons. The van der Waals surface area contributed by atoms with Gasteiger partial charge in [0.25, 0.3) is 0 Å². The molecule has 0 atom stereocenters. The lowest BCUT2D eigenvalue weighted by molar-refractivity contribution is 0.151. The summed E-state index contributed by atoms with van der Waals surface area (Å²) in [6, 6.07) is 3.83. The lowest BCUT2D eigenvalue weighted by Gasteiger charge is -2.16. The van der Waals surface area contributed by atoms with E-state index in [0.717, 1.165) is 35.2 Å². The summed E-state index contributed by atoms with van der Waals surface area (Å²) in [5.74, 6) is 2.15. The van der Waals surface area contributed by atoms with E-state index in [4.69, 9.17) is 9.47 Å². The lowest BCUT2D eigenvalue weighted by atomic mass is 10.1. The molecule has 2 aliphatic carbocycles. The predicted octanol–water partition coefficient (Wildman–Crippen LogP) is 3.23. The van der Waals surface area contributed by atoms with Gasteiger partial charge in [0, 0.05) is 0 Å². The fourth-order valence-corrected chi connectivity index (χ4v) is 2.58. The summed E-state index contributed by atoms with van der Waals surface area (Å²) in [5.41, 5.74) is 0.259. The molecule has 2 aliphatic rings. The molecule has 2 fully saturated rings. The molecule has 0 amide bonds. The van der Waals surface area contributed by atoms with Crippen molar-refractivity contribution in [3.05, 3.63) is 22.2 Å². The summed E-state index contributed by atoms with van der Waals surface area (Å²) in [5, 5.41) is 10.1. The van der Waals surface area contributed by atoms with Gasteiger partial charge in [-0.05, 0) is 65.2 Å². The third kappa shape index (κ3) is 2.36. The van der Waals surface area contributed by atoms with Crippen LogP contribution in [0, 0.1) is 5.92 Å². The molecule has 0 aliphatic heterocycles. The Hall–Kier alpha value is -0.740. The van der Waals surface area contributed by atoms with E-state index in [2.05, 4.69) is 15.9 Å². The Labute approximate surface area is 115 Å². The van der Waals surface area contributed by atoms with E-state index in [1.807, 2.05) is 12.1 Å². The van der Waals surface area contributed by atoms with E-state index in [1.165, 1.54) is 12.8 Å². The first-order valence-electron chi connectivity index (χ1n) is 6.35. The Morgan fingerprint density at radius 1 is 1.39 bits per heavy atom. The van der Waals surface area contributed by atoms with Crippen molar-refractivity contribution in [2.45, 2.75) is 31.3 Å². The van der Waals surface area contributed by atoms with Gasteiger partial charge in [-0.1, -0.05) is 0 Å². The highest BCUT2D eigenvalue weighted by Gasteiger charge is 2.43. The highest BCUT2D eigenvalue weighted by atomic mass is 79.9. The van der Waals surface area contributed by atoms with Crippen molar-refractivity contribution < 1.29 is 14.6 Å². The first kappa shape index (κ1) is 12.3. The predicted molar refractivity (Wildman–Crippen MR) is 72.0 cm³/mol. The fourth-order valence-electron chi connectivity index (χ4n) is 2.02. The second kappa shape index (κ2) is 4.42. The Morgan fingerprint density at radius 2 is 2.11 bits per heavy atom. The number of hydrogen-bond donors (Lipinski definition) is 1. The summed E-state index contributed by atoms with van der Waals surface area (Å²) in [6.07, 6.45) is 4.17. The lowest BCUT2D eigenvalue weighted by Crippen LogP contribution is -2.07. The Kier molecular flexibility index (Phi) is 3.02. The van der Waals surface area contributed by atoms with Crippen LogP contribution in [0.2, 0.25) is 0 Å². The first-order chi connectivity index (χ1) is 8.62. The SMILES string of the molecule is COc1cc(C2(O)CC2)cc(Br)c1OCC1CC1. The number of ether oxygens (including phenoxy) is 2. The van der Waals surface area contributed by atoms with Gasteiger partial charge in [-0.3, -0.25) is 0 Å². The zero-order valence-electron chi connectivity index (χ0n) is 10.4. The average Bonchev–Trinajstić information content (AvgIpc) is 3.24. The van der Waals surface area contributed by atoms with Crippen LogP contribution >= 0.6 is 15.9 Å². The number of aliphatic hydroxyl groups is 1. The van der Waals surface area contributed by atoms with Crippen LogP contribution in [0.15, 0.2) is 16.6 Å². The summed E-state index contributed by atoms with van der Waals surface area (Å²) in [6.45, 7) is 0.749. The Morgan fingerprint density at radius 3 is 2.67 bits per heavy atom. The molecule has 1 N–H and O–H groups in total. The van der Waals surface area contributed by atoms with Gasteiger partial charge in [-0.15, -0.1) is 0 Å². The zero-order valence-corrected chi connectivity index (χ0v) is 12.0. The van der Waals surface area contributed by atoms with Gasteiger partial charge in [0.15, 0.2) is 11.5 Å². The summed E-state index contributed by atoms with van der Waals surface area (Å²) >= 11 is 3.51. The number of rotatable bonds is 5. The van der Waals surface area contributed by atoms with E-state index in [0.29, 0.717) is 11.7 Å². The second-order valence-corrected chi connectivity index (χ2v) is 6.13. The third-order valence-electron chi connectivity index (χ3n) is 3.65. The molecule has 98 valence electrons. The molecule has 0 heterocycles. The van der Waals surface area contributed by atoms with E-state index < -0.39 is 5.60 Å². The van der Waals surface area contributed by atoms with Crippen molar-refractivity contribution in [3.63, 3.8) is 0 Å². The second-order valence-electron chi connectivity index (χ2n) is 5.28. The minimum absolute atomic E-state index is 0.648. The van der Waals surface area contributed by atoms with Crippen LogP contribution in [0.4, 0.5) is 0 Å². The third-order valence-corrected chi connectivity index (χ3v) is 4.24. The van der Waals surface area contributed by atoms with Crippen LogP contribution in [-0.2, 0) is 5.60 Å². The van der Waals surface area contributed by atoms with Gasteiger partial charge in [0.2, 0.25) is 0 Å².